The van der Waals surface area contributed by atoms with Gasteiger partial charge in [-0.1, -0.05) is 26.0 Å². The van der Waals surface area contributed by atoms with Crippen LogP contribution in [0.3, 0.4) is 0 Å². The van der Waals surface area contributed by atoms with Crippen LogP contribution in [0.5, 0.6) is 0 Å². The summed E-state index contributed by atoms with van der Waals surface area (Å²) in [5.41, 5.74) is 0.00470. The Hall–Kier alpha value is -1.42. The maximum atomic E-state index is 13.3. The van der Waals surface area contributed by atoms with Crippen molar-refractivity contribution in [1.29, 1.82) is 0 Å². The molecule has 100 valence electrons. The molecule has 0 heterocycles. The van der Waals surface area contributed by atoms with Crippen LogP contribution in [-0.4, -0.2) is 17.6 Å². The van der Waals surface area contributed by atoms with Gasteiger partial charge >= 0.3 is 5.97 Å². The number of hydrogen-bond donors (Lipinski definition) is 2. The Morgan fingerprint density at radius 3 is 2.67 bits per heavy atom. The summed E-state index contributed by atoms with van der Waals surface area (Å²) in [4.78, 5) is 11.1. The lowest BCUT2D eigenvalue weighted by Gasteiger charge is -2.33. The predicted octanol–water partition coefficient (Wildman–Crippen LogP) is 2.91. The zero-order valence-corrected chi connectivity index (χ0v) is 10.9. The minimum absolute atomic E-state index is 0.0487. The maximum absolute atomic E-state index is 13.3. The molecular formula is C14H20FNO2. The van der Waals surface area contributed by atoms with Crippen LogP contribution in [0, 0.1) is 5.82 Å². The van der Waals surface area contributed by atoms with Crippen LogP contribution in [0.15, 0.2) is 24.3 Å². The second-order valence-corrected chi connectivity index (χ2v) is 4.44. The largest absolute Gasteiger partial charge is 0.481 e. The van der Waals surface area contributed by atoms with Gasteiger partial charge < -0.3 is 10.4 Å². The van der Waals surface area contributed by atoms with Crippen molar-refractivity contribution < 1.29 is 14.3 Å². The van der Waals surface area contributed by atoms with E-state index in [1.54, 1.807) is 12.1 Å². The van der Waals surface area contributed by atoms with E-state index in [-0.39, 0.29) is 12.2 Å². The summed E-state index contributed by atoms with van der Waals surface area (Å²) in [6, 6.07) is 6.17. The van der Waals surface area contributed by atoms with Crippen molar-refractivity contribution in [3.8, 4) is 0 Å². The van der Waals surface area contributed by atoms with Crippen molar-refractivity contribution >= 4 is 5.97 Å². The number of carboxylic acids is 1. The fourth-order valence-corrected chi connectivity index (χ4v) is 2.13. The van der Waals surface area contributed by atoms with E-state index in [1.165, 1.54) is 12.1 Å². The van der Waals surface area contributed by atoms with Gasteiger partial charge in [0.2, 0.25) is 0 Å². The standard InChI is InChI=1S/C14H20FNO2/c1-3-8-16-14(4-2,10-13(17)18)11-6-5-7-12(15)9-11/h5-7,9,16H,3-4,8,10H2,1-2H3,(H,17,18). The summed E-state index contributed by atoms with van der Waals surface area (Å²) in [5, 5.41) is 12.3. The molecule has 0 aliphatic rings. The second kappa shape index (κ2) is 6.50. The van der Waals surface area contributed by atoms with E-state index in [4.69, 9.17) is 5.11 Å². The molecule has 0 fully saturated rings. The first-order valence-electron chi connectivity index (χ1n) is 6.27. The molecular weight excluding hydrogens is 233 g/mol. The molecule has 0 saturated carbocycles. The summed E-state index contributed by atoms with van der Waals surface area (Å²) in [6.07, 6.45) is 1.45. The summed E-state index contributed by atoms with van der Waals surface area (Å²) < 4.78 is 13.3. The first-order chi connectivity index (χ1) is 8.54. The molecule has 3 nitrogen and oxygen atoms in total. The van der Waals surface area contributed by atoms with Crippen molar-refractivity contribution in [2.24, 2.45) is 0 Å². The van der Waals surface area contributed by atoms with Gasteiger partial charge in [0.15, 0.2) is 0 Å². The molecule has 18 heavy (non-hydrogen) atoms. The van der Waals surface area contributed by atoms with Crippen LogP contribution in [0.1, 0.15) is 38.7 Å². The number of nitrogens with one attached hydrogen (secondary N) is 1. The minimum Gasteiger partial charge on any atom is -0.481 e. The van der Waals surface area contributed by atoms with Gasteiger partial charge in [0.05, 0.1) is 12.0 Å². The fraction of sp³-hybridized carbons (Fsp3) is 0.500. The number of carboxylic acid groups (broad SMARTS) is 1. The van der Waals surface area contributed by atoms with Crippen molar-refractivity contribution in [1.82, 2.24) is 5.32 Å². The number of carbonyl (C=O) groups is 1. The third-order valence-corrected chi connectivity index (χ3v) is 3.15. The van der Waals surface area contributed by atoms with Gasteiger partial charge in [-0.15, -0.1) is 0 Å². The molecule has 2 N–H and O–H groups in total. The Kier molecular flexibility index (Phi) is 5.28. The monoisotopic (exact) mass is 253 g/mol. The van der Waals surface area contributed by atoms with Gasteiger partial charge in [-0.3, -0.25) is 4.79 Å². The molecule has 0 amide bonds. The molecule has 0 spiro atoms. The quantitative estimate of drug-likeness (QED) is 0.785. The van der Waals surface area contributed by atoms with Crippen LogP contribution in [0.4, 0.5) is 4.39 Å². The van der Waals surface area contributed by atoms with Crippen molar-refractivity contribution in [2.75, 3.05) is 6.54 Å². The Labute approximate surface area is 107 Å². The highest BCUT2D eigenvalue weighted by Crippen LogP contribution is 2.29. The van der Waals surface area contributed by atoms with Crippen LogP contribution >= 0.6 is 0 Å². The average Bonchev–Trinajstić information content (AvgIpc) is 2.34. The van der Waals surface area contributed by atoms with Crippen LogP contribution in [0.25, 0.3) is 0 Å². The van der Waals surface area contributed by atoms with Crippen molar-refractivity contribution in [3.05, 3.63) is 35.6 Å². The Morgan fingerprint density at radius 2 is 2.17 bits per heavy atom. The number of halogens is 1. The first kappa shape index (κ1) is 14.6. The van der Waals surface area contributed by atoms with E-state index in [0.29, 0.717) is 18.5 Å². The average molecular weight is 253 g/mol. The Bertz CT molecular complexity index is 409. The van der Waals surface area contributed by atoms with Gasteiger partial charge in [-0.25, -0.2) is 4.39 Å². The van der Waals surface area contributed by atoms with E-state index < -0.39 is 11.5 Å². The fourth-order valence-electron chi connectivity index (χ4n) is 2.13. The summed E-state index contributed by atoms with van der Waals surface area (Å²) in [5.74, 6) is -1.22. The van der Waals surface area contributed by atoms with Gasteiger partial charge in [0.25, 0.3) is 0 Å². The summed E-state index contributed by atoms with van der Waals surface area (Å²) >= 11 is 0. The van der Waals surface area contributed by atoms with E-state index in [9.17, 15) is 9.18 Å². The lowest BCUT2D eigenvalue weighted by atomic mass is 9.84. The predicted molar refractivity (Wildman–Crippen MR) is 68.9 cm³/mol. The zero-order valence-electron chi connectivity index (χ0n) is 10.9. The van der Waals surface area contributed by atoms with E-state index in [1.807, 2.05) is 13.8 Å². The van der Waals surface area contributed by atoms with Crippen molar-refractivity contribution in [3.63, 3.8) is 0 Å². The van der Waals surface area contributed by atoms with Crippen LogP contribution in [-0.2, 0) is 10.3 Å². The molecule has 0 aromatic heterocycles. The summed E-state index contributed by atoms with van der Waals surface area (Å²) in [6.45, 7) is 4.63. The molecule has 1 atom stereocenters. The molecule has 4 heteroatoms. The van der Waals surface area contributed by atoms with Gasteiger partial charge in [-0.05, 0) is 37.1 Å². The zero-order chi connectivity index (χ0) is 13.6. The van der Waals surface area contributed by atoms with Crippen molar-refractivity contribution in [2.45, 2.75) is 38.6 Å². The highest BCUT2D eigenvalue weighted by molar-refractivity contribution is 5.69. The number of hydrogen-bond acceptors (Lipinski definition) is 2. The van der Waals surface area contributed by atoms with Crippen LogP contribution in [0.2, 0.25) is 0 Å². The lowest BCUT2D eigenvalue weighted by molar-refractivity contribution is -0.139. The van der Waals surface area contributed by atoms with Crippen LogP contribution < -0.4 is 5.32 Å². The summed E-state index contributed by atoms with van der Waals surface area (Å²) in [7, 11) is 0. The Balaban J connectivity index is 3.11. The first-order valence-corrected chi connectivity index (χ1v) is 6.27. The normalized spacial score (nSPS) is 14.2. The van der Waals surface area contributed by atoms with Gasteiger partial charge in [0, 0.05) is 0 Å². The van der Waals surface area contributed by atoms with E-state index in [0.717, 1.165) is 6.42 Å². The van der Waals surface area contributed by atoms with Gasteiger partial charge in [-0.2, -0.15) is 0 Å². The van der Waals surface area contributed by atoms with E-state index >= 15 is 0 Å². The number of aliphatic carboxylic acids is 1. The molecule has 0 saturated heterocycles. The van der Waals surface area contributed by atoms with Gasteiger partial charge in [0.1, 0.15) is 5.82 Å². The molecule has 0 aliphatic heterocycles. The molecule has 1 aromatic rings. The molecule has 1 unspecified atom stereocenters. The maximum Gasteiger partial charge on any atom is 0.305 e. The molecule has 1 aromatic carbocycles. The molecule has 1 rings (SSSR count). The lowest BCUT2D eigenvalue weighted by Crippen LogP contribution is -2.44. The molecule has 0 aliphatic carbocycles. The third kappa shape index (κ3) is 3.53. The smallest absolute Gasteiger partial charge is 0.305 e. The number of rotatable bonds is 7. The SMILES string of the molecule is CCCNC(CC)(CC(=O)O)c1cccc(F)c1. The topological polar surface area (TPSA) is 49.3 Å². The number of benzene rings is 1. The Morgan fingerprint density at radius 1 is 1.44 bits per heavy atom. The molecule has 0 radical (unpaired) electrons. The second-order valence-electron chi connectivity index (χ2n) is 4.44. The van der Waals surface area contributed by atoms with E-state index in [2.05, 4.69) is 5.32 Å². The highest BCUT2D eigenvalue weighted by atomic mass is 19.1. The third-order valence-electron chi connectivity index (χ3n) is 3.15. The molecule has 0 bridgehead atoms. The minimum atomic E-state index is -0.885. The highest BCUT2D eigenvalue weighted by Gasteiger charge is 2.32.